The zero-order valence-corrected chi connectivity index (χ0v) is 17.1. The minimum absolute atomic E-state index is 0.160. The zero-order chi connectivity index (χ0) is 20.8. The van der Waals surface area contributed by atoms with E-state index in [9.17, 15) is 4.79 Å². The molecule has 2 aromatic carbocycles. The number of ether oxygens (including phenoxy) is 3. The van der Waals surface area contributed by atoms with Gasteiger partial charge in [0.1, 0.15) is 5.82 Å². The molecule has 0 aliphatic rings. The van der Waals surface area contributed by atoms with Gasteiger partial charge < -0.3 is 24.1 Å². The van der Waals surface area contributed by atoms with E-state index >= 15 is 0 Å². The molecule has 7 heteroatoms. The van der Waals surface area contributed by atoms with Gasteiger partial charge in [-0.15, -0.1) is 0 Å². The molecule has 1 amide bonds. The predicted octanol–water partition coefficient (Wildman–Crippen LogP) is 3.20. The Labute approximate surface area is 170 Å². The number of nitrogens with zero attached hydrogens (tertiary/aromatic N) is 2. The van der Waals surface area contributed by atoms with Crippen molar-refractivity contribution in [1.82, 2.24) is 14.9 Å². The molecular formula is C22H25N3O4. The molecule has 0 radical (unpaired) electrons. The van der Waals surface area contributed by atoms with Gasteiger partial charge in [0.2, 0.25) is 5.75 Å². The van der Waals surface area contributed by atoms with Crippen LogP contribution in [-0.4, -0.2) is 36.8 Å². The molecule has 0 fully saturated rings. The minimum atomic E-state index is -0.160. The van der Waals surface area contributed by atoms with Crippen molar-refractivity contribution in [3.05, 3.63) is 71.3 Å². The van der Waals surface area contributed by atoms with Crippen LogP contribution in [0.2, 0.25) is 0 Å². The average Bonchev–Trinajstić information content (AvgIpc) is 3.15. The third-order valence-electron chi connectivity index (χ3n) is 4.72. The first-order valence-corrected chi connectivity index (χ1v) is 9.20. The first-order chi connectivity index (χ1) is 14.1. The van der Waals surface area contributed by atoms with Crippen LogP contribution in [0.5, 0.6) is 17.2 Å². The summed E-state index contributed by atoms with van der Waals surface area (Å²) in [6.45, 7) is 2.99. The van der Waals surface area contributed by atoms with Gasteiger partial charge in [-0.25, -0.2) is 4.98 Å². The molecule has 0 saturated carbocycles. The van der Waals surface area contributed by atoms with Crippen LogP contribution < -0.4 is 19.5 Å². The van der Waals surface area contributed by atoms with E-state index in [4.69, 9.17) is 14.2 Å². The molecule has 1 N–H and O–H groups in total. The van der Waals surface area contributed by atoms with Crippen LogP contribution in [0.3, 0.4) is 0 Å². The van der Waals surface area contributed by atoms with Crippen molar-refractivity contribution in [1.29, 1.82) is 0 Å². The summed E-state index contributed by atoms with van der Waals surface area (Å²) in [5.74, 6) is 2.41. The van der Waals surface area contributed by atoms with Crippen LogP contribution in [0.4, 0.5) is 0 Å². The molecular weight excluding hydrogens is 370 g/mol. The number of carbonyl (C=O) groups is 1. The number of aromatic nitrogens is 2. The van der Waals surface area contributed by atoms with Gasteiger partial charge in [0, 0.05) is 36.6 Å². The number of imidazole rings is 1. The maximum absolute atomic E-state index is 12.6. The zero-order valence-electron chi connectivity index (χ0n) is 17.1. The standard InChI is InChI=1S/C22H25N3O4/c1-15-23-11-12-25(15)14-16-5-7-17(8-6-16)22(26)24-13-18-9-10-19(27-2)21(29-4)20(18)28-3/h5-12H,13-14H2,1-4H3,(H,24,26). The molecule has 152 valence electrons. The van der Waals surface area contributed by atoms with Crippen LogP contribution in [-0.2, 0) is 13.1 Å². The molecule has 0 atom stereocenters. The van der Waals surface area contributed by atoms with Gasteiger partial charge >= 0.3 is 0 Å². The van der Waals surface area contributed by atoms with Gasteiger partial charge in [-0.05, 0) is 36.8 Å². The monoisotopic (exact) mass is 395 g/mol. The molecule has 7 nitrogen and oxygen atoms in total. The van der Waals surface area contributed by atoms with Crippen molar-refractivity contribution in [2.75, 3.05) is 21.3 Å². The lowest BCUT2D eigenvalue weighted by Gasteiger charge is -2.16. The molecule has 0 unspecified atom stereocenters. The lowest BCUT2D eigenvalue weighted by Crippen LogP contribution is -2.23. The fraction of sp³-hybridized carbons (Fsp3) is 0.273. The summed E-state index contributed by atoms with van der Waals surface area (Å²) in [5, 5.41) is 2.92. The minimum Gasteiger partial charge on any atom is -0.493 e. The molecule has 1 heterocycles. The third-order valence-corrected chi connectivity index (χ3v) is 4.72. The fourth-order valence-electron chi connectivity index (χ4n) is 3.11. The quantitative estimate of drug-likeness (QED) is 0.634. The maximum atomic E-state index is 12.6. The van der Waals surface area contributed by atoms with Crippen LogP contribution in [0.1, 0.15) is 27.3 Å². The summed E-state index contributed by atoms with van der Waals surface area (Å²) < 4.78 is 18.2. The molecule has 0 bridgehead atoms. The van der Waals surface area contributed by atoms with Gasteiger partial charge in [-0.3, -0.25) is 4.79 Å². The van der Waals surface area contributed by atoms with E-state index in [1.165, 1.54) is 0 Å². The molecule has 1 aromatic heterocycles. The van der Waals surface area contributed by atoms with Crippen LogP contribution >= 0.6 is 0 Å². The van der Waals surface area contributed by atoms with Crippen LogP contribution in [0.25, 0.3) is 0 Å². The summed E-state index contributed by atoms with van der Waals surface area (Å²) in [4.78, 5) is 16.8. The van der Waals surface area contributed by atoms with Gasteiger partial charge in [-0.1, -0.05) is 12.1 Å². The second-order valence-electron chi connectivity index (χ2n) is 6.48. The molecule has 0 spiro atoms. The highest BCUT2D eigenvalue weighted by Gasteiger charge is 2.16. The highest BCUT2D eigenvalue weighted by atomic mass is 16.5. The summed E-state index contributed by atoms with van der Waals surface area (Å²) in [6.07, 6.45) is 3.71. The molecule has 0 aliphatic carbocycles. The Morgan fingerprint density at radius 1 is 1.00 bits per heavy atom. The van der Waals surface area contributed by atoms with E-state index in [-0.39, 0.29) is 5.91 Å². The van der Waals surface area contributed by atoms with Crippen molar-refractivity contribution >= 4 is 5.91 Å². The molecule has 3 aromatic rings. The number of aryl methyl sites for hydroxylation is 1. The van der Waals surface area contributed by atoms with Crippen molar-refractivity contribution in [2.24, 2.45) is 0 Å². The van der Waals surface area contributed by atoms with Crippen LogP contribution in [0, 0.1) is 6.92 Å². The number of amides is 1. The number of methoxy groups -OCH3 is 3. The molecule has 29 heavy (non-hydrogen) atoms. The summed E-state index contributed by atoms with van der Waals surface area (Å²) in [6, 6.07) is 11.2. The number of hydrogen-bond acceptors (Lipinski definition) is 5. The Kier molecular flexibility index (Phi) is 6.39. The summed E-state index contributed by atoms with van der Waals surface area (Å²) >= 11 is 0. The Morgan fingerprint density at radius 3 is 2.31 bits per heavy atom. The van der Waals surface area contributed by atoms with Gasteiger partial charge in [0.05, 0.1) is 21.3 Å². The Morgan fingerprint density at radius 2 is 1.72 bits per heavy atom. The van der Waals surface area contributed by atoms with E-state index in [1.54, 1.807) is 33.6 Å². The highest BCUT2D eigenvalue weighted by Crippen LogP contribution is 2.39. The number of rotatable bonds is 8. The Balaban J connectivity index is 1.67. The van der Waals surface area contributed by atoms with E-state index in [0.717, 1.165) is 23.5 Å². The lowest BCUT2D eigenvalue weighted by atomic mass is 10.1. The van der Waals surface area contributed by atoms with Crippen molar-refractivity contribution < 1.29 is 19.0 Å². The predicted molar refractivity (Wildman–Crippen MR) is 110 cm³/mol. The van der Waals surface area contributed by atoms with E-state index < -0.39 is 0 Å². The smallest absolute Gasteiger partial charge is 0.251 e. The highest BCUT2D eigenvalue weighted by molar-refractivity contribution is 5.94. The molecule has 0 saturated heterocycles. The first kappa shape index (κ1) is 20.3. The second kappa shape index (κ2) is 9.14. The summed E-state index contributed by atoms with van der Waals surface area (Å²) in [7, 11) is 4.68. The van der Waals surface area contributed by atoms with Crippen molar-refractivity contribution in [3.8, 4) is 17.2 Å². The number of hydrogen-bond donors (Lipinski definition) is 1. The van der Waals surface area contributed by atoms with Gasteiger partial charge in [-0.2, -0.15) is 0 Å². The summed E-state index contributed by atoms with van der Waals surface area (Å²) in [5.41, 5.74) is 2.49. The second-order valence-corrected chi connectivity index (χ2v) is 6.48. The number of carbonyl (C=O) groups excluding carboxylic acids is 1. The SMILES string of the molecule is COc1ccc(CNC(=O)c2ccc(Cn3ccnc3C)cc2)c(OC)c1OC. The largest absolute Gasteiger partial charge is 0.493 e. The number of nitrogens with one attached hydrogen (secondary N) is 1. The van der Waals surface area contributed by atoms with Crippen molar-refractivity contribution in [2.45, 2.75) is 20.0 Å². The normalized spacial score (nSPS) is 10.5. The van der Waals surface area contributed by atoms with E-state index in [0.29, 0.717) is 29.4 Å². The molecule has 3 rings (SSSR count). The van der Waals surface area contributed by atoms with E-state index in [2.05, 4.69) is 14.9 Å². The van der Waals surface area contributed by atoms with Gasteiger partial charge in [0.25, 0.3) is 5.91 Å². The maximum Gasteiger partial charge on any atom is 0.251 e. The third kappa shape index (κ3) is 4.51. The Hall–Kier alpha value is -3.48. The Bertz CT molecular complexity index is 980. The number of benzene rings is 2. The topological polar surface area (TPSA) is 74.6 Å². The van der Waals surface area contributed by atoms with Gasteiger partial charge in [0.15, 0.2) is 11.5 Å². The first-order valence-electron chi connectivity index (χ1n) is 9.20. The lowest BCUT2D eigenvalue weighted by molar-refractivity contribution is 0.0950. The fourth-order valence-corrected chi connectivity index (χ4v) is 3.11. The van der Waals surface area contributed by atoms with Crippen molar-refractivity contribution in [3.63, 3.8) is 0 Å². The average molecular weight is 395 g/mol. The molecule has 0 aliphatic heterocycles. The van der Waals surface area contributed by atoms with Crippen LogP contribution in [0.15, 0.2) is 48.8 Å². The van der Waals surface area contributed by atoms with E-state index in [1.807, 2.05) is 43.5 Å².